The molecule has 0 radical (unpaired) electrons. The van der Waals surface area contributed by atoms with Crippen LogP contribution in [0.15, 0.2) is 30.6 Å². The number of benzene rings is 1. The minimum Gasteiger partial charge on any atom is -0.343 e. The Labute approximate surface area is 147 Å². The first-order chi connectivity index (χ1) is 11.6. The number of hydrogen-bond acceptors (Lipinski definition) is 3. The number of likely N-dealkylation sites (N-methyl/N-ethyl adjacent to an activating group) is 1. The number of fused-ring (bicyclic) bond motifs is 3. The standard InChI is InChI=1S/C19H21ClN4/c1-13-21-10-14(11-22-13)5-8-24-18-4-3-15(20)9-17(18)16-6-7-23(2)12-19(16)24/h3-4,9-11H,5-8,12H2,1-2H3. The molecule has 4 rings (SSSR count). The van der Waals surface area contributed by atoms with Crippen LogP contribution in [0.2, 0.25) is 5.02 Å². The van der Waals surface area contributed by atoms with Gasteiger partial charge >= 0.3 is 0 Å². The molecule has 4 nitrogen and oxygen atoms in total. The zero-order chi connectivity index (χ0) is 16.7. The number of hydrogen-bond donors (Lipinski definition) is 0. The average Bonchev–Trinajstić information content (AvgIpc) is 2.86. The predicted octanol–water partition coefficient (Wildman–Crippen LogP) is 3.62. The highest BCUT2D eigenvalue weighted by Gasteiger charge is 2.22. The number of rotatable bonds is 3. The van der Waals surface area contributed by atoms with Gasteiger partial charge in [0.15, 0.2) is 0 Å². The highest BCUT2D eigenvalue weighted by Crippen LogP contribution is 2.32. The van der Waals surface area contributed by atoms with E-state index in [1.807, 2.05) is 25.4 Å². The maximum absolute atomic E-state index is 6.25. The van der Waals surface area contributed by atoms with E-state index in [-0.39, 0.29) is 0 Å². The van der Waals surface area contributed by atoms with Gasteiger partial charge < -0.3 is 9.47 Å². The zero-order valence-electron chi connectivity index (χ0n) is 14.1. The summed E-state index contributed by atoms with van der Waals surface area (Å²) in [7, 11) is 2.19. The van der Waals surface area contributed by atoms with Gasteiger partial charge in [0.25, 0.3) is 0 Å². The Morgan fingerprint density at radius 2 is 2.00 bits per heavy atom. The molecule has 0 aliphatic carbocycles. The summed E-state index contributed by atoms with van der Waals surface area (Å²) in [5, 5.41) is 2.12. The summed E-state index contributed by atoms with van der Waals surface area (Å²) in [6, 6.07) is 6.26. The average molecular weight is 341 g/mol. The summed E-state index contributed by atoms with van der Waals surface area (Å²) in [4.78, 5) is 11.0. The van der Waals surface area contributed by atoms with Crippen molar-refractivity contribution in [3.8, 4) is 0 Å². The molecule has 2 aromatic heterocycles. The molecule has 3 aromatic rings. The fourth-order valence-electron chi connectivity index (χ4n) is 3.59. The lowest BCUT2D eigenvalue weighted by Gasteiger charge is -2.24. The van der Waals surface area contributed by atoms with Crippen LogP contribution < -0.4 is 0 Å². The van der Waals surface area contributed by atoms with E-state index in [0.29, 0.717) is 0 Å². The first-order valence-electron chi connectivity index (χ1n) is 8.37. The van der Waals surface area contributed by atoms with Gasteiger partial charge in [-0.3, -0.25) is 0 Å². The van der Waals surface area contributed by atoms with Crippen LogP contribution in [0.1, 0.15) is 22.6 Å². The summed E-state index contributed by atoms with van der Waals surface area (Å²) in [6.07, 6.45) is 5.89. The third-order valence-corrected chi connectivity index (χ3v) is 5.11. The largest absolute Gasteiger partial charge is 0.343 e. The molecule has 24 heavy (non-hydrogen) atoms. The minimum absolute atomic E-state index is 0.813. The Bertz CT molecular complexity index is 883. The molecule has 0 saturated carbocycles. The first-order valence-corrected chi connectivity index (χ1v) is 8.75. The van der Waals surface area contributed by atoms with Crippen LogP contribution in [0.25, 0.3) is 10.9 Å². The molecule has 3 heterocycles. The fraction of sp³-hybridized carbons (Fsp3) is 0.368. The molecule has 1 aliphatic heterocycles. The number of aromatic nitrogens is 3. The summed E-state index contributed by atoms with van der Waals surface area (Å²) < 4.78 is 2.45. The lowest BCUT2D eigenvalue weighted by atomic mass is 10.0. The molecule has 0 spiro atoms. The highest BCUT2D eigenvalue weighted by atomic mass is 35.5. The number of halogens is 1. The van der Waals surface area contributed by atoms with Crippen molar-refractivity contribution in [1.29, 1.82) is 0 Å². The zero-order valence-corrected chi connectivity index (χ0v) is 14.8. The van der Waals surface area contributed by atoms with Crippen molar-refractivity contribution in [3.63, 3.8) is 0 Å². The smallest absolute Gasteiger partial charge is 0.125 e. The summed E-state index contributed by atoms with van der Waals surface area (Å²) in [5.41, 5.74) is 5.35. The quantitative estimate of drug-likeness (QED) is 0.730. The molecule has 0 fully saturated rings. The molecule has 0 unspecified atom stereocenters. The van der Waals surface area contributed by atoms with Crippen LogP contribution in [0, 0.1) is 6.92 Å². The van der Waals surface area contributed by atoms with Gasteiger partial charge in [-0.1, -0.05) is 11.6 Å². The summed E-state index contributed by atoms with van der Waals surface area (Å²) >= 11 is 6.25. The lowest BCUT2D eigenvalue weighted by molar-refractivity contribution is 0.303. The number of aryl methyl sites for hydroxylation is 3. The van der Waals surface area contributed by atoms with Crippen LogP contribution in [-0.2, 0) is 25.9 Å². The number of nitrogens with zero attached hydrogens (tertiary/aromatic N) is 4. The van der Waals surface area contributed by atoms with E-state index in [1.54, 1.807) is 0 Å². The van der Waals surface area contributed by atoms with Crippen LogP contribution >= 0.6 is 11.6 Å². The fourth-order valence-corrected chi connectivity index (χ4v) is 3.76. The van der Waals surface area contributed by atoms with Crippen LogP contribution in [0.3, 0.4) is 0 Å². The van der Waals surface area contributed by atoms with E-state index >= 15 is 0 Å². The van der Waals surface area contributed by atoms with Crippen molar-refractivity contribution in [3.05, 3.63) is 58.3 Å². The van der Waals surface area contributed by atoms with Gasteiger partial charge in [0.2, 0.25) is 0 Å². The Balaban J connectivity index is 1.73. The normalized spacial score (nSPS) is 15.0. The van der Waals surface area contributed by atoms with Crippen molar-refractivity contribution in [2.24, 2.45) is 0 Å². The summed E-state index contributed by atoms with van der Waals surface area (Å²) in [6.45, 7) is 4.95. The Morgan fingerprint density at radius 1 is 1.21 bits per heavy atom. The molecular weight excluding hydrogens is 320 g/mol. The molecule has 124 valence electrons. The molecule has 0 saturated heterocycles. The van der Waals surface area contributed by atoms with E-state index in [2.05, 4.69) is 38.6 Å². The van der Waals surface area contributed by atoms with Gasteiger partial charge in [0.05, 0.1) is 0 Å². The van der Waals surface area contributed by atoms with E-state index in [9.17, 15) is 0 Å². The lowest BCUT2D eigenvalue weighted by Crippen LogP contribution is -2.28. The van der Waals surface area contributed by atoms with Crippen molar-refractivity contribution in [2.45, 2.75) is 32.9 Å². The van der Waals surface area contributed by atoms with E-state index in [0.717, 1.165) is 43.3 Å². The van der Waals surface area contributed by atoms with Crippen molar-refractivity contribution >= 4 is 22.5 Å². The van der Waals surface area contributed by atoms with E-state index < -0.39 is 0 Å². The molecule has 0 atom stereocenters. The third-order valence-electron chi connectivity index (χ3n) is 4.87. The Hall–Kier alpha value is -1.91. The molecule has 0 bridgehead atoms. The molecule has 1 aromatic carbocycles. The monoisotopic (exact) mass is 340 g/mol. The highest BCUT2D eigenvalue weighted by molar-refractivity contribution is 6.31. The van der Waals surface area contributed by atoms with Crippen molar-refractivity contribution in [1.82, 2.24) is 19.4 Å². The van der Waals surface area contributed by atoms with Gasteiger partial charge in [0.1, 0.15) is 5.82 Å². The second-order valence-electron chi connectivity index (χ2n) is 6.61. The molecular formula is C19H21ClN4. The van der Waals surface area contributed by atoms with Crippen molar-refractivity contribution in [2.75, 3.05) is 13.6 Å². The Morgan fingerprint density at radius 3 is 2.79 bits per heavy atom. The van der Waals surface area contributed by atoms with Gasteiger partial charge in [0, 0.05) is 53.6 Å². The second kappa shape index (κ2) is 6.19. The van der Waals surface area contributed by atoms with Crippen LogP contribution in [0.4, 0.5) is 0 Å². The third kappa shape index (κ3) is 2.80. The second-order valence-corrected chi connectivity index (χ2v) is 7.05. The van der Waals surface area contributed by atoms with Crippen LogP contribution in [-0.4, -0.2) is 33.0 Å². The predicted molar refractivity (Wildman–Crippen MR) is 97.5 cm³/mol. The topological polar surface area (TPSA) is 34.0 Å². The first kappa shape index (κ1) is 15.6. The van der Waals surface area contributed by atoms with Crippen LogP contribution in [0.5, 0.6) is 0 Å². The van der Waals surface area contributed by atoms with Gasteiger partial charge in [-0.15, -0.1) is 0 Å². The molecule has 0 N–H and O–H groups in total. The molecule has 5 heteroatoms. The molecule has 1 aliphatic rings. The molecule has 0 amide bonds. The maximum Gasteiger partial charge on any atom is 0.125 e. The van der Waals surface area contributed by atoms with E-state index in [1.165, 1.54) is 27.7 Å². The van der Waals surface area contributed by atoms with E-state index in [4.69, 9.17) is 11.6 Å². The SMILES string of the molecule is Cc1ncc(CCn2c3c(c4cc(Cl)ccc42)CCN(C)C3)cn1. The maximum atomic E-state index is 6.25. The van der Waals surface area contributed by atoms with Crippen molar-refractivity contribution < 1.29 is 0 Å². The minimum atomic E-state index is 0.813. The Kier molecular flexibility index (Phi) is 4.02. The van der Waals surface area contributed by atoms with Gasteiger partial charge in [-0.2, -0.15) is 0 Å². The summed E-state index contributed by atoms with van der Waals surface area (Å²) in [5.74, 6) is 0.818. The van der Waals surface area contributed by atoms with Gasteiger partial charge in [-0.25, -0.2) is 9.97 Å². The van der Waals surface area contributed by atoms with Gasteiger partial charge in [-0.05, 0) is 56.1 Å².